The molecule has 0 saturated heterocycles. The number of hydrogen-bond donors (Lipinski definition) is 2. The summed E-state index contributed by atoms with van der Waals surface area (Å²) in [6.07, 6.45) is 2.46. The van der Waals surface area contributed by atoms with E-state index >= 15 is 0 Å². The van der Waals surface area contributed by atoms with Gasteiger partial charge in [-0.2, -0.15) is 0 Å². The SMILES string of the molecule is CCc1c(-c2cncs2)sc(C(=O)O)c1N. The molecule has 0 atom stereocenters. The van der Waals surface area contributed by atoms with Gasteiger partial charge in [-0.1, -0.05) is 6.92 Å². The van der Waals surface area contributed by atoms with E-state index in [1.54, 1.807) is 11.7 Å². The minimum atomic E-state index is -0.965. The van der Waals surface area contributed by atoms with Gasteiger partial charge in [-0.25, -0.2) is 4.79 Å². The molecule has 0 aliphatic carbocycles. The second kappa shape index (κ2) is 4.23. The third-order valence-corrected chi connectivity index (χ3v) is 4.44. The van der Waals surface area contributed by atoms with E-state index in [0.717, 1.165) is 21.7 Å². The number of carboxylic acids is 1. The molecule has 2 heterocycles. The molecule has 0 radical (unpaired) electrons. The van der Waals surface area contributed by atoms with Gasteiger partial charge in [-0.3, -0.25) is 4.98 Å². The second-order valence-corrected chi connectivity index (χ2v) is 5.08. The maximum atomic E-state index is 11.0. The van der Waals surface area contributed by atoms with Crippen molar-refractivity contribution in [1.29, 1.82) is 0 Å². The summed E-state index contributed by atoms with van der Waals surface area (Å²) >= 11 is 2.71. The maximum Gasteiger partial charge on any atom is 0.348 e. The van der Waals surface area contributed by atoms with Gasteiger partial charge in [0.15, 0.2) is 0 Å². The first-order valence-electron chi connectivity index (χ1n) is 4.68. The molecule has 0 fully saturated rings. The van der Waals surface area contributed by atoms with Crippen molar-refractivity contribution in [3.05, 3.63) is 22.1 Å². The predicted molar refractivity (Wildman–Crippen MR) is 66.2 cm³/mol. The predicted octanol–water partition coefficient (Wildman–Crippen LogP) is 2.71. The highest BCUT2D eigenvalue weighted by Gasteiger charge is 2.20. The lowest BCUT2D eigenvalue weighted by Crippen LogP contribution is -1.99. The number of carbonyl (C=O) groups is 1. The Balaban J connectivity index is 2.62. The summed E-state index contributed by atoms with van der Waals surface area (Å²) in [6, 6.07) is 0. The van der Waals surface area contributed by atoms with Crippen molar-refractivity contribution >= 4 is 34.3 Å². The van der Waals surface area contributed by atoms with Crippen LogP contribution in [0.1, 0.15) is 22.2 Å². The van der Waals surface area contributed by atoms with Gasteiger partial charge in [0.2, 0.25) is 0 Å². The molecule has 2 aromatic rings. The number of aromatic nitrogens is 1. The van der Waals surface area contributed by atoms with Crippen LogP contribution in [0.25, 0.3) is 9.75 Å². The van der Waals surface area contributed by atoms with Crippen LogP contribution in [-0.2, 0) is 6.42 Å². The molecule has 0 unspecified atom stereocenters. The first-order valence-corrected chi connectivity index (χ1v) is 6.38. The highest BCUT2D eigenvalue weighted by atomic mass is 32.1. The number of nitrogen functional groups attached to an aromatic ring is 1. The average molecular weight is 254 g/mol. The summed E-state index contributed by atoms with van der Waals surface area (Å²) in [4.78, 5) is 17.1. The molecule has 84 valence electrons. The van der Waals surface area contributed by atoms with Crippen LogP contribution in [0.5, 0.6) is 0 Å². The normalized spacial score (nSPS) is 10.6. The Morgan fingerprint density at radius 1 is 1.62 bits per heavy atom. The van der Waals surface area contributed by atoms with Crippen LogP contribution in [-0.4, -0.2) is 16.1 Å². The van der Waals surface area contributed by atoms with E-state index in [2.05, 4.69) is 4.98 Å². The zero-order valence-corrected chi connectivity index (χ0v) is 10.2. The van der Waals surface area contributed by atoms with E-state index in [0.29, 0.717) is 5.69 Å². The molecule has 2 rings (SSSR count). The van der Waals surface area contributed by atoms with Gasteiger partial charge in [0.05, 0.1) is 21.0 Å². The fourth-order valence-electron chi connectivity index (χ4n) is 1.51. The summed E-state index contributed by atoms with van der Waals surface area (Å²) in [7, 11) is 0. The van der Waals surface area contributed by atoms with E-state index in [4.69, 9.17) is 10.8 Å². The Hall–Kier alpha value is -1.40. The number of nitrogens with two attached hydrogens (primary N) is 1. The number of rotatable bonds is 3. The monoisotopic (exact) mass is 254 g/mol. The lowest BCUT2D eigenvalue weighted by Gasteiger charge is -1.98. The Bertz CT molecular complexity index is 517. The van der Waals surface area contributed by atoms with Crippen molar-refractivity contribution in [2.45, 2.75) is 13.3 Å². The zero-order chi connectivity index (χ0) is 11.7. The molecule has 6 heteroatoms. The number of nitrogens with zero attached hydrogens (tertiary/aromatic N) is 1. The van der Waals surface area contributed by atoms with E-state index in [1.165, 1.54) is 22.7 Å². The molecule has 2 aromatic heterocycles. The van der Waals surface area contributed by atoms with Crippen LogP contribution < -0.4 is 5.73 Å². The smallest absolute Gasteiger partial charge is 0.348 e. The standard InChI is InChI=1S/C10H10N2O2S2/c1-2-5-7(11)9(10(13)14)16-8(5)6-3-12-4-15-6/h3-4H,2,11H2,1H3,(H,13,14). The highest BCUT2D eigenvalue weighted by molar-refractivity contribution is 7.22. The molecule has 0 aliphatic heterocycles. The van der Waals surface area contributed by atoms with Crippen LogP contribution in [0.2, 0.25) is 0 Å². The van der Waals surface area contributed by atoms with Crippen LogP contribution in [0.4, 0.5) is 5.69 Å². The molecule has 0 spiro atoms. The maximum absolute atomic E-state index is 11.0. The number of hydrogen-bond acceptors (Lipinski definition) is 5. The van der Waals surface area contributed by atoms with Crippen molar-refractivity contribution in [2.24, 2.45) is 0 Å². The third kappa shape index (κ3) is 1.70. The number of thiophene rings is 1. The van der Waals surface area contributed by atoms with Crippen molar-refractivity contribution in [3.63, 3.8) is 0 Å². The number of anilines is 1. The minimum absolute atomic E-state index is 0.222. The van der Waals surface area contributed by atoms with E-state index in [1.807, 2.05) is 6.92 Å². The van der Waals surface area contributed by atoms with Gasteiger partial charge in [0.25, 0.3) is 0 Å². The van der Waals surface area contributed by atoms with E-state index in [9.17, 15) is 4.79 Å². The molecule has 4 nitrogen and oxygen atoms in total. The van der Waals surface area contributed by atoms with Crippen molar-refractivity contribution in [1.82, 2.24) is 4.98 Å². The largest absolute Gasteiger partial charge is 0.477 e. The first-order chi connectivity index (χ1) is 7.65. The van der Waals surface area contributed by atoms with Crippen molar-refractivity contribution in [3.8, 4) is 9.75 Å². The van der Waals surface area contributed by atoms with Gasteiger partial charge >= 0.3 is 5.97 Å². The highest BCUT2D eigenvalue weighted by Crippen LogP contribution is 2.40. The minimum Gasteiger partial charge on any atom is -0.477 e. The van der Waals surface area contributed by atoms with E-state index in [-0.39, 0.29) is 4.88 Å². The number of carboxylic acid groups (broad SMARTS) is 1. The van der Waals surface area contributed by atoms with Gasteiger partial charge in [0.1, 0.15) is 4.88 Å². The van der Waals surface area contributed by atoms with Crippen LogP contribution in [0.3, 0.4) is 0 Å². The Morgan fingerprint density at radius 2 is 2.38 bits per heavy atom. The zero-order valence-electron chi connectivity index (χ0n) is 8.56. The molecule has 0 saturated carbocycles. The quantitative estimate of drug-likeness (QED) is 0.883. The van der Waals surface area contributed by atoms with Crippen molar-refractivity contribution < 1.29 is 9.90 Å². The Morgan fingerprint density at radius 3 is 2.88 bits per heavy atom. The summed E-state index contributed by atoms with van der Waals surface area (Å²) < 4.78 is 0. The van der Waals surface area contributed by atoms with Crippen LogP contribution in [0.15, 0.2) is 11.7 Å². The van der Waals surface area contributed by atoms with Crippen molar-refractivity contribution in [2.75, 3.05) is 5.73 Å². The lowest BCUT2D eigenvalue weighted by molar-refractivity contribution is 0.0703. The molecule has 0 aliphatic rings. The molecular formula is C10H10N2O2S2. The van der Waals surface area contributed by atoms with Crippen LogP contribution >= 0.6 is 22.7 Å². The average Bonchev–Trinajstić information content (AvgIpc) is 2.83. The Kier molecular flexibility index (Phi) is 2.93. The van der Waals surface area contributed by atoms with Gasteiger partial charge in [-0.05, 0) is 12.0 Å². The molecule has 0 bridgehead atoms. The fourth-order valence-corrected chi connectivity index (χ4v) is 3.43. The number of thiazole rings is 1. The summed E-state index contributed by atoms with van der Waals surface area (Å²) in [5.74, 6) is -0.965. The molecule has 3 N–H and O–H groups in total. The van der Waals surface area contributed by atoms with Crippen LogP contribution in [0, 0.1) is 0 Å². The summed E-state index contributed by atoms with van der Waals surface area (Å²) in [5.41, 5.74) is 8.86. The second-order valence-electron chi connectivity index (χ2n) is 3.18. The molecule has 0 aromatic carbocycles. The summed E-state index contributed by atoms with van der Waals surface area (Å²) in [5, 5.41) is 9.01. The summed E-state index contributed by atoms with van der Waals surface area (Å²) in [6.45, 7) is 1.97. The fraction of sp³-hybridized carbons (Fsp3) is 0.200. The van der Waals surface area contributed by atoms with Gasteiger partial charge < -0.3 is 10.8 Å². The Labute approximate surface area is 100 Å². The lowest BCUT2D eigenvalue weighted by atomic mass is 10.1. The first kappa shape index (κ1) is 11.1. The van der Waals surface area contributed by atoms with Gasteiger partial charge in [0, 0.05) is 6.20 Å². The van der Waals surface area contributed by atoms with Gasteiger partial charge in [-0.15, -0.1) is 22.7 Å². The third-order valence-electron chi connectivity index (χ3n) is 2.25. The topological polar surface area (TPSA) is 76.2 Å². The number of aromatic carboxylic acids is 1. The molecule has 0 amide bonds. The molecule has 16 heavy (non-hydrogen) atoms. The molecular weight excluding hydrogens is 244 g/mol. The van der Waals surface area contributed by atoms with E-state index < -0.39 is 5.97 Å².